The van der Waals surface area contributed by atoms with Gasteiger partial charge in [-0.3, -0.25) is 9.78 Å². The Hall–Kier alpha value is -1.63. The van der Waals surface area contributed by atoms with Gasteiger partial charge in [-0.25, -0.2) is 0 Å². The predicted molar refractivity (Wildman–Crippen MR) is 81.5 cm³/mol. The summed E-state index contributed by atoms with van der Waals surface area (Å²) in [4.78, 5) is 15.7. The van der Waals surface area contributed by atoms with Crippen LogP contribution in [0.4, 0.5) is 0 Å². The van der Waals surface area contributed by atoms with Crippen LogP contribution in [-0.2, 0) is 0 Å². The molecule has 0 unspecified atom stereocenters. The van der Waals surface area contributed by atoms with E-state index in [0.29, 0.717) is 18.0 Å². The van der Waals surface area contributed by atoms with Gasteiger partial charge in [0.25, 0.3) is 5.91 Å². The lowest BCUT2D eigenvalue weighted by Crippen LogP contribution is -2.23. The third-order valence-corrected chi connectivity index (χ3v) is 3.26. The smallest absolute Gasteiger partial charge is 0.270 e. The van der Waals surface area contributed by atoms with Gasteiger partial charge < -0.3 is 10.1 Å². The van der Waals surface area contributed by atoms with E-state index >= 15 is 0 Å². The molecule has 2 aromatic rings. The Labute approximate surface area is 125 Å². The van der Waals surface area contributed by atoms with Crippen molar-refractivity contribution in [2.45, 2.75) is 6.92 Å². The maximum atomic E-state index is 11.7. The first kappa shape index (κ1) is 13.8. The molecule has 0 aliphatic rings. The lowest BCUT2D eigenvalue weighted by molar-refractivity contribution is 0.0950. The number of hydrogen-bond acceptors (Lipinski definition) is 3. The highest BCUT2D eigenvalue weighted by Crippen LogP contribution is 2.26. The second kappa shape index (κ2) is 6.51. The minimum Gasteiger partial charge on any atom is -0.456 e. The molecule has 1 heterocycles. The monoisotopic (exact) mass is 368 g/mol. The van der Waals surface area contributed by atoms with Crippen molar-refractivity contribution in [1.82, 2.24) is 10.3 Å². The molecule has 0 saturated carbocycles. The second-order valence-corrected chi connectivity index (χ2v) is 4.93. The molecule has 98 valence electrons. The highest BCUT2D eigenvalue weighted by atomic mass is 127. The molecule has 0 fully saturated rings. The SMILES string of the molecule is CCNC(=O)c1cc(Oc2ccccc2I)ccn1. The molecule has 0 radical (unpaired) electrons. The number of carbonyl (C=O) groups excluding carboxylic acids is 1. The normalized spacial score (nSPS) is 10.0. The highest BCUT2D eigenvalue weighted by molar-refractivity contribution is 14.1. The van der Waals surface area contributed by atoms with Crippen molar-refractivity contribution in [1.29, 1.82) is 0 Å². The van der Waals surface area contributed by atoms with Crippen LogP contribution in [0.15, 0.2) is 42.6 Å². The number of amides is 1. The van der Waals surface area contributed by atoms with Gasteiger partial charge in [0, 0.05) is 18.8 Å². The molecule has 1 N–H and O–H groups in total. The summed E-state index contributed by atoms with van der Waals surface area (Å²) in [6, 6.07) is 11.1. The molecule has 0 aliphatic carbocycles. The second-order valence-electron chi connectivity index (χ2n) is 3.77. The fourth-order valence-corrected chi connectivity index (χ4v) is 2.00. The number of hydrogen-bond donors (Lipinski definition) is 1. The van der Waals surface area contributed by atoms with Crippen molar-refractivity contribution in [3.05, 3.63) is 51.9 Å². The van der Waals surface area contributed by atoms with Crippen molar-refractivity contribution in [3.63, 3.8) is 0 Å². The molecular formula is C14H13IN2O2. The Morgan fingerprint density at radius 2 is 2.16 bits per heavy atom. The van der Waals surface area contributed by atoms with Crippen LogP contribution < -0.4 is 10.1 Å². The molecule has 1 amide bonds. The molecule has 0 atom stereocenters. The van der Waals surface area contributed by atoms with E-state index in [-0.39, 0.29) is 5.91 Å². The lowest BCUT2D eigenvalue weighted by Gasteiger charge is -2.08. The Kier molecular flexibility index (Phi) is 4.73. The van der Waals surface area contributed by atoms with Gasteiger partial charge >= 0.3 is 0 Å². The number of halogens is 1. The fraction of sp³-hybridized carbons (Fsp3) is 0.143. The summed E-state index contributed by atoms with van der Waals surface area (Å²) in [7, 11) is 0. The molecule has 0 spiro atoms. The Morgan fingerprint density at radius 1 is 1.37 bits per heavy atom. The molecule has 0 saturated heterocycles. The zero-order valence-corrected chi connectivity index (χ0v) is 12.5. The van der Waals surface area contributed by atoms with Gasteiger partial charge in [-0.1, -0.05) is 12.1 Å². The molecule has 19 heavy (non-hydrogen) atoms. The van der Waals surface area contributed by atoms with E-state index in [2.05, 4.69) is 32.9 Å². The van der Waals surface area contributed by atoms with Crippen molar-refractivity contribution in [3.8, 4) is 11.5 Å². The summed E-state index contributed by atoms with van der Waals surface area (Å²) in [6.45, 7) is 2.44. The quantitative estimate of drug-likeness (QED) is 0.844. The van der Waals surface area contributed by atoms with Gasteiger partial charge in [0.1, 0.15) is 17.2 Å². The maximum absolute atomic E-state index is 11.7. The molecule has 1 aromatic carbocycles. The summed E-state index contributed by atoms with van der Waals surface area (Å²) in [5.41, 5.74) is 0.352. The van der Waals surface area contributed by atoms with Gasteiger partial charge in [0.15, 0.2) is 0 Å². The number of rotatable bonds is 4. The number of para-hydroxylation sites is 1. The van der Waals surface area contributed by atoms with Crippen LogP contribution in [-0.4, -0.2) is 17.4 Å². The topological polar surface area (TPSA) is 51.2 Å². The first-order valence-corrected chi connectivity index (χ1v) is 6.95. The third-order valence-electron chi connectivity index (χ3n) is 2.37. The number of benzene rings is 1. The predicted octanol–water partition coefficient (Wildman–Crippen LogP) is 3.23. The summed E-state index contributed by atoms with van der Waals surface area (Å²) in [6.07, 6.45) is 1.57. The summed E-state index contributed by atoms with van der Waals surface area (Å²) >= 11 is 2.20. The molecule has 1 aromatic heterocycles. The number of nitrogens with one attached hydrogen (secondary N) is 1. The van der Waals surface area contributed by atoms with Gasteiger partial charge in [-0.2, -0.15) is 0 Å². The van der Waals surface area contributed by atoms with Crippen LogP contribution in [0.25, 0.3) is 0 Å². The van der Waals surface area contributed by atoms with Crippen LogP contribution in [0.5, 0.6) is 11.5 Å². The van der Waals surface area contributed by atoms with Crippen LogP contribution in [0.2, 0.25) is 0 Å². The summed E-state index contributed by atoms with van der Waals surface area (Å²) in [5, 5.41) is 2.71. The number of nitrogens with zero attached hydrogens (tertiary/aromatic N) is 1. The molecule has 4 nitrogen and oxygen atoms in total. The average Bonchev–Trinajstić information content (AvgIpc) is 2.42. The minimum absolute atomic E-state index is 0.198. The van der Waals surface area contributed by atoms with Crippen molar-refractivity contribution >= 4 is 28.5 Å². The van der Waals surface area contributed by atoms with Crippen LogP contribution in [0.3, 0.4) is 0 Å². The number of carbonyl (C=O) groups is 1. The van der Waals surface area contributed by atoms with E-state index in [1.807, 2.05) is 31.2 Å². The minimum atomic E-state index is -0.198. The van der Waals surface area contributed by atoms with Crippen LogP contribution in [0.1, 0.15) is 17.4 Å². The van der Waals surface area contributed by atoms with Crippen LogP contribution in [0, 0.1) is 3.57 Å². The largest absolute Gasteiger partial charge is 0.456 e. The molecule has 2 rings (SSSR count). The van der Waals surface area contributed by atoms with E-state index in [1.54, 1.807) is 18.3 Å². The van der Waals surface area contributed by atoms with Crippen molar-refractivity contribution in [2.24, 2.45) is 0 Å². The maximum Gasteiger partial charge on any atom is 0.270 e. The van der Waals surface area contributed by atoms with Gasteiger partial charge in [0.05, 0.1) is 3.57 Å². The molecule has 5 heteroatoms. The highest BCUT2D eigenvalue weighted by Gasteiger charge is 2.08. The van der Waals surface area contributed by atoms with Gasteiger partial charge in [-0.05, 0) is 47.7 Å². The molecule has 0 aliphatic heterocycles. The third kappa shape index (κ3) is 3.66. The molecular weight excluding hydrogens is 355 g/mol. The first-order valence-electron chi connectivity index (χ1n) is 5.87. The van der Waals surface area contributed by atoms with E-state index in [4.69, 9.17) is 4.74 Å². The first-order chi connectivity index (χ1) is 9.20. The zero-order valence-electron chi connectivity index (χ0n) is 10.4. The summed E-state index contributed by atoms with van der Waals surface area (Å²) < 4.78 is 6.76. The fourth-order valence-electron chi connectivity index (χ4n) is 1.50. The van der Waals surface area contributed by atoms with Crippen molar-refractivity contribution in [2.75, 3.05) is 6.54 Å². The van der Waals surface area contributed by atoms with E-state index < -0.39 is 0 Å². The van der Waals surface area contributed by atoms with E-state index in [1.165, 1.54) is 0 Å². The Bertz CT molecular complexity index is 587. The van der Waals surface area contributed by atoms with Crippen molar-refractivity contribution < 1.29 is 9.53 Å². The van der Waals surface area contributed by atoms with E-state index in [0.717, 1.165) is 9.32 Å². The number of ether oxygens (including phenoxy) is 1. The Morgan fingerprint density at radius 3 is 2.89 bits per heavy atom. The van der Waals surface area contributed by atoms with Crippen LogP contribution >= 0.6 is 22.6 Å². The standard InChI is InChI=1S/C14H13IN2O2/c1-2-16-14(18)12-9-10(7-8-17-12)19-13-6-4-3-5-11(13)15/h3-9H,2H2,1H3,(H,16,18). The van der Waals surface area contributed by atoms with Gasteiger partial charge in [-0.15, -0.1) is 0 Å². The average molecular weight is 368 g/mol. The summed E-state index contributed by atoms with van der Waals surface area (Å²) in [5.74, 6) is 1.16. The zero-order chi connectivity index (χ0) is 13.7. The Balaban J connectivity index is 2.20. The van der Waals surface area contributed by atoms with Gasteiger partial charge in [0.2, 0.25) is 0 Å². The molecule has 0 bridgehead atoms. The number of aromatic nitrogens is 1. The lowest BCUT2D eigenvalue weighted by atomic mass is 10.3. The number of pyridine rings is 1. The van der Waals surface area contributed by atoms with E-state index in [9.17, 15) is 4.79 Å².